The van der Waals surface area contributed by atoms with Crippen molar-refractivity contribution in [3.8, 4) is 17.1 Å². The number of benzene rings is 3. The summed E-state index contributed by atoms with van der Waals surface area (Å²) in [7, 11) is 1.55. The molecule has 5 aromatic rings. The number of halogens is 1. The van der Waals surface area contributed by atoms with Gasteiger partial charge in [0.1, 0.15) is 23.3 Å². The van der Waals surface area contributed by atoms with Gasteiger partial charge in [-0.3, -0.25) is 19.5 Å². The predicted molar refractivity (Wildman–Crippen MR) is 167 cm³/mol. The lowest BCUT2D eigenvalue weighted by Crippen LogP contribution is -2.40. The molecule has 0 amide bonds. The van der Waals surface area contributed by atoms with Gasteiger partial charge >= 0.3 is 5.97 Å². The zero-order valence-corrected chi connectivity index (χ0v) is 25.3. The van der Waals surface area contributed by atoms with Crippen LogP contribution in [0.2, 0.25) is 5.02 Å². The molecule has 1 aliphatic rings. The number of nitrogens with zero attached hydrogens (tertiary/aromatic N) is 3. The molecule has 44 heavy (non-hydrogen) atoms. The molecule has 0 N–H and O–H groups in total. The molecule has 0 spiro atoms. The fourth-order valence-electron chi connectivity index (χ4n) is 5.32. The SMILES string of the molecule is CCOC(=O)C1=C(C)N=c2s/c(=C/c3ccc(-c4ccc([N+](=O)[O-])cc4Cl)o3)c(=O)n2[C@H]1c1c(OC)ccc2ccccc12. The number of nitro groups is 1. The van der Waals surface area contributed by atoms with Gasteiger partial charge in [0.05, 0.1) is 39.5 Å². The fourth-order valence-corrected chi connectivity index (χ4v) is 6.62. The molecule has 12 heteroatoms. The van der Waals surface area contributed by atoms with E-state index in [0.29, 0.717) is 43.4 Å². The van der Waals surface area contributed by atoms with E-state index in [0.717, 1.165) is 22.1 Å². The Hall–Kier alpha value is -5.00. The van der Waals surface area contributed by atoms with Gasteiger partial charge in [-0.1, -0.05) is 53.3 Å². The van der Waals surface area contributed by atoms with Gasteiger partial charge in [0.2, 0.25) is 0 Å². The van der Waals surface area contributed by atoms with Crippen molar-refractivity contribution in [1.29, 1.82) is 0 Å². The number of ether oxygens (including phenoxy) is 2. The molecular weight excluding hydrogens is 606 g/mol. The van der Waals surface area contributed by atoms with Crippen molar-refractivity contribution >= 4 is 51.4 Å². The highest BCUT2D eigenvalue weighted by atomic mass is 35.5. The molecule has 10 nitrogen and oxygen atoms in total. The second kappa shape index (κ2) is 11.6. The number of furan rings is 1. The third-order valence-electron chi connectivity index (χ3n) is 7.27. The number of allylic oxidation sites excluding steroid dienone is 1. The maximum atomic E-state index is 14.1. The Labute approximate surface area is 258 Å². The Morgan fingerprint density at radius 3 is 2.70 bits per heavy atom. The van der Waals surface area contributed by atoms with Crippen molar-refractivity contribution in [2.75, 3.05) is 13.7 Å². The topological polar surface area (TPSA) is 126 Å². The minimum Gasteiger partial charge on any atom is -0.496 e. The van der Waals surface area contributed by atoms with E-state index in [9.17, 15) is 19.7 Å². The van der Waals surface area contributed by atoms with E-state index >= 15 is 0 Å². The van der Waals surface area contributed by atoms with Crippen LogP contribution in [0.15, 0.2) is 92.2 Å². The highest BCUT2D eigenvalue weighted by Gasteiger charge is 2.36. The van der Waals surface area contributed by atoms with Crippen LogP contribution in [0.3, 0.4) is 0 Å². The van der Waals surface area contributed by atoms with Crippen LogP contribution in [0.4, 0.5) is 5.69 Å². The Morgan fingerprint density at radius 1 is 1.18 bits per heavy atom. The van der Waals surface area contributed by atoms with Gasteiger partial charge in [-0.05, 0) is 48.9 Å². The first-order valence-corrected chi connectivity index (χ1v) is 14.7. The highest BCUT2D eigenvalue weighted by molar-refractivity contribution is 7.07. The summed E-state index contributed by atoms with van der Waals surface area (Å²) >= 11 is 7.45. The number of carbonyl (C=O) groups is 1. The molecule has 2 aromatic heterocycles. The molecule has 0 aliphatic carbocycles. The largest absolute Gasteiger partial charge is 0.496 e. The minimum atomic E-state index is -0.875. The normalized spacial score (nSPS) is 14.8. The van der Waals surface area contributed by atoms with Gasteiger partial charge in [-0.25, -0.2) is 9.79 Å². The van der Waals surface area contributed by atoms with Crippen molar-refractivity contribution in [1.82, 2.24) is 4.57 Å². The first kappa shape index (κ1) is 29.1. The number of nitro benzene ring substituents is 1. The van der Waals surface area contributed by atoms with Crippen molar-refractivity contribution in [3.05, 3.63) is 124 Å². The Kier molecular flexibility index (Phi) is 7.66. The van der Waals surface area contributed by atoms with Crippen LogP contribution in [0, 0.1) is 10.1 Å². The van der Waals surface area contributed by atoms with E-state index in [1.54, 1.807) is 39.2 Å². The summed E-state index contributed by atoms with van der Waals surface area (Å²) in [6.45, 7) is 3.59. The van der Waals surface area contributed by atoms with E-state index in [4.69, 9.17) is 25.5 Å². The molecule has 3 aromatic carbocycles. The maximum absolute atomic E-state index is 14.1. The van der Waals surface area contributed by atoms with Crippen LogP contribution in [-0.2, 0) is 9.53 Å². The minimum absolute atomic E-state index is 0.138. The molecule has 0 radical (unpaired) electrons. The quantitative estimate of drug-likeness (QED) is 0.127. The molecule has 0 saturated heterocycles. The third-order valence-corrected chi connectivity index (χ3v) is 8.57. The lowest BCUT2D eigenvalue weighted by Gasteiger charge is -2.27. The highest BCUT2D eigenvalue weighted by Crippen LogP contribution is 2.40. The second-order valence-corrected chi connectivity index (χ2v) is 11.2. The molecule has 1 atom stereocenters. The summed E-state index contributed by atoms with van der Waals surface area (Å²) in [5, 5.41) is 13.0. The fraction of sp³-hybridized carbons (Fsp3) is 0.156. The first-order chi connectivity index (χ1) is 21.2. The number of aromatic nitrogens is 1. The number of hydrogen-bond donors (Lipinski definition) is 0. The zero-order chi connectivity index (χ0) is 31.1. The predicted octanol–water partition coefficient (Wildman–Crippen LogP) is 5.78. The first-order valence-electron chi connectivity index (χ1n) is 13.5. The number of non-ortho nitro benzene ring substituents is 1. The van der Waals surface area contributed by atoms with E-state index in [1.165, 1.54) is 22.8 Å². The molecule has 6 rings (SSSR count). The van der Waals surface area contributed by atoms with Crippen LogP contribution >= 0.6 is 22.9 Å². The van der Waals surface area contributed by atoms with E-state index in [2.05, 4.69) is 4.99 Å². The summed E-state index contributed by atoms with van der Waals surface area (Å²) < 4.78 is 19.0. The van der Waals surface area contributed by atoms with Gasteiger partial charge in [-0.2, -0.15) is 0 Å². The summed E-state index contributed by atoms with van der Waals surface area (Å²) in [4.78, 5) is 43.2. The summed E-state index contributed by atoms with van der Waals surface area (Å²) in [5.41, 5.74) is 1.27. The van der Waals surface area contributed by atoms with E-state index < -0.39 is 16.9 Å². The monoisotopic (exact) mass is 629 g/mol. The second-order valence-electron chi connectivity index (χ2n) is 9.83. The van der Waals surface area contributed by atoms with Crippen molar-refractivity contribution in [2.24, 2.45) is 4.99 Å². The summed E-state index contributed by atoms with van der Waals surface area (Å²) in [6.07, 6.45) is 1.59. The Morgan fingerprint density at radius 2 is 1.98 bits per heavy atom. The molecule has 0 bridgehead atoms. The van der Waals surface area contributed by atoms with Crippen molar-refractivity contribution in [3.63, 3.8) is 0 Å². The molecule has 0 unspecified atom stereocenters. The third kappa shape index (κ3) is 4.99. The van der Waals surface area contributed by atoms with Crippen LogP contribution in [0.25, 0.3) is 28.2 Å². The number of esters is 1. The van der Waals surface area contributed by atoms with Crippen LogP contribution in [0.5, 0.6) is 5.75 Å². The summed E-state index contributed by atoms with van der Waals surface area (Å²) in [5.74, 6) is 0.678. The van der Waals surface area contributed by atoms with Crippen molar-refractivity contribution in [2.45, 2.75) is 19.9 Å². The van der Waals surface area contributed by atoms with Gasteiger partial charge in [0, 0.05) is 29.3 Å². The molecule has 3 heterocycles. The van der Waals surface area contributed by atoms with Crippen LogP contribution in [-0.4, -0.2) is 29.2 Å². The Bertz CT molecular complexity index is 2200. The summed E-state index contributed by atoms with van der Waals surface area (Å²) in [6, 6.07) is 18.0. The molecule has 222 valence electrons. The maximum Gasteiger partial charge on any atom is 0.338 e. The molecular formula is C32H24ClN3O7S. The number of thiazole rings is 1. The molecule has 0 saturated carbocycles. The van der Waals surface area contributed by atoms with E-state index in [-0.39, 0.29) is 28.4 Å². The lowest BCUT2D eigenvalue weighted by atomic mass is 9.90. The standard InChI is InChI=1S/C32H24ClN3O7S/c1-4-42-31(38)27-17(2)34-32-35(29(27)28-21-8-6-5-7-18(21)9-13-25(28)41-3)30(37)26(44-32)16-20-11-14-24(43-20)22-12-10-19(36(39)40)15-23(22)33/h5-16,29H,4H2,1-3H3/b26-16+/t29-/m1/s1. The van der Waals surface area contributed by atoms with Crippen LogP contribution in [0.1, 0.15) is 31.2 Å². The number of fused-ring (bicyclic) bond motifs is 2. The van der Waals surface area contributed by atoms with Gasteiger partial charge in [-0.15, -0.1) is 0 Å². The van der Waals surface area contributed by atoms with Crippen molar-refractivity contribution < 1.29 is 23.6 Å². The van der Waals surface area contributed by atoms with Gasteiger partial charge in [0.25, 0.3) is 11.2 Å². The average molecular weight is 630 g/mol. The Balaban J connectivity index is 1.53. The average Bonchev–Trinajstić information content (AvgIpc) is 3.59. The lowest BCUT2D eigenvalue weighted by molar-refractivity contribution is -0.384. The molecule has 1 aliphatic heterocycles. The zero-order valence-electron chi connectivity index (χ0n) is 23.7. The number of hydrogen-bond acceptors (Lipinski definition) is 9. The van der Waals surface area contributed by atoms with E-state index in [1.807, 2.05) is 36.4 Å². The smallest absolute Gasteiger partial charge is 0.338 e. The van der Waals surface area contributed by atoms with Crippen LogP contribution < -0.4 is 19.6 Å². The molecule has 0 fully saturated rings. The number of methoxy groups -OCH3 is 1. The van der Waals surface area contributed by atoms with Gasteiger partial charge < -0.3 is 13.9 Å². The number of carbonyl (C=O) groups excluding carboxylic acids is 1. The number of rotatable bonds is 7. The van der Waals surface area contributed by atoms with Gasteiger partial charge in [0.15, 0.2) is 4.80 Å².